The van der Waals surface area contributed by atoms with E-state index in [1.165, 1.54) is 0 Å². The lowest BCUT2D eigenvalue weighted by Crippen LogP contribution is -2.41. The molecule has 0 unspecified atom stereocenters. The topological polar surface area (TPSA) is 41.6 Å². The highest BCUT2D eigenvalue weighted by Crippen LogP contribution is 2.25. The highest BCUT2D eigenvalue weighted by atomic mass is 19.1. The Balaban J connectivity index is 1.48. The zero-order valence-electron chi connectivity index (χ0n) is 17.6. The van der Waals surface area contributed by atoms with Crippen molar-refractivity contribution in [1.82, 2.24) is 10.2 Å². The second-order valence-electron chi connectivity index (χ2n) is 8.43. The molecule has 0 radical (unpaired) electrons. The van der Waals surface area contributed by atoms with Crippen molar-refractivity contribution in [2.45, 2.75) is 32.4 Å². The van der Waals surface area contributed by atoms with Crippen LogP contribution in [0.2, 0.25) is 0 Å². The van der Waals surface area contributed by atoms with E-state index in [0.717, 1.165) is 42.8 Å². The molecule has 0 bridgehead atoms. The van der Waals surface area contributed by atoms with E-state index in [9.17, 15) is 9.18 Å². The Morgan fingerprint density at radius 2 is 1.62 bits per heavy atom. The number of hydrogen-bond donors (Lipinski definition) is 1. The predicted octanol–water partition coefficient (Wildman–Crippen LogP) is 4.55. The minimum atomic E-state index is -1.13. The molecule has 4 nitrogen and oxygen atoms in total. The van der Waals surface area contributed by atoms with E-state index in [0.29, 0.717) is 24.6 Å². The number of halogens is 1. The Labute approximate surface area is 173 Å². The summed E-state index contributed by atoms with van der Waals surface area (Å²) < 4.78 is 19.8. The summed E-state index contributed by atoms with van der Waals surface area (Å²) in [6, 6.07) is 15.6. The van der Waals surface area contributed by atoms with Gasteiger partial charge in [0.05, 0.1) is 6.61 Å². The molecule has 5 heteroatoms. The van der Waals surface area contributed by atoms with Crippen molar-refractivity contribution in [3.8, 4) is 16.9 Å². The second kappa shape index (κ2) is 9.40. The molecule has 0 aromatic heterocycles. The first-order chi connectivity index (χ1) is 13.8. The zero-order chi connectivity index (χ0) is 20.9. The molecule has 1 fully saturated rings. The van der Waals surface area contributed by atoms with Gasteiger partial charge in [0, 0.05) is 19.2 Å². The van der Waals surface area contributed by atoms with E-state index < -0.39 is 5.67 Å². The van der Waals surface area contributed by atoms with E-state index in [1.807, 2.05) is 48.5 Å². The van der Waals surface area contributed by atoms with Crippen LogP contribution in [0.3, 0.4) is 0 Å². The average molecular weight is 399 g/mol. The zero-order valence-corrected chi connectivity index (χ0v) is 17.6. The van der Waals surface area contributed by atoms with Crippen LogP contribution in [0, 0.1) is 5.92 Å². The number of nitrogens with zero attached hydrogens (tertiary/aromatic N) is 1. The maximum atomic E-state index is 13.8. The molecule has 0 aliphatic carbocycles. The maximum absolute atomic E-state index is 13.8. The van der Waals surface area contributed by atoms with Gasteiger partial charge in [0.1, 0.15) is 11.4 Å². The molecular formula is C24H31FN2O2. The molecule has 1 saturated heterocycles. The van der Waals surface area contributed by atoms with Gasteiger partial charge in [-0.15, -0.1) is 0 Å². The van der Waals surface area contributed by atoms with Crippen molar-refractivity contribution in [3.63, 3.8) is 0 Å². The van der Waals surface area contributed by atoms with Crippen molar-refractivity contribution in [2.24, 2.45) is 5.92 Å². The van der Waals surface area contributed by atoms with Crippen molar-refractivity contribution < 1.29 is 13.9 Å². The number of benzene rings is 2. The van der Waals surface area contributed by atoms with Crippen LogP contribution in [0.4, 0.5) is 4.39 Å². The summed E-state index contributed by atoms with van der Waals surface area (Å²) in [6.07, 6.45) is 2.09. The number of alkyl halides is 1. The Kier molecular flexibility index (Phi) is 6.91. The first kappa shape index (κ1) is 21.3. The molecule has 2 aromatic carbocycles. The van der Waals surface area contributed by atoms with E-state index >= 15 is 0 Å². The monoisotopic (exact) mass is 398 g/mol. The molecular weight excluding hydrogens is 367 g/mol. The summed E-state index contributed by atoms with van der Waals surface area (Å²) in [7, 11) is 1.63. The lowest BCUT2D eigenvalue weighted by molar-refractivity contribution is 0.0836. The van der Waals surface area contributed by atoms with Crippen LogP contribution in [0.15, 0.2) is 48.5 Å². The normalized spacial score (nSPS) is 15.9. The van der Waals surface area contributed by atoms with Crippen LogP contribution in [0.5, 0.6) is 5.75 Å². The Morgan fingerprint density at radius 1 is 1.07 bits per heavy atom. The summed E-state index contributed by atoms with van der Waals surface area (Å²) in [4.78, 5) is 13.8. The van der Waals surface area contributed by atoms with Gasteiger partial charge in [-0.05, 0) is 81.1 Å². The number of nitrogens with one attached hydrogen (secondary N) is 1. The first-order valence-corrected chi connectivity index (χ1v) is 10.3. The number of amides is 1. The second-order valence-corrected chi connectivity index (χ2v) is 8.43. The minimum absolute atomic E-state index is 0.0838. The molecule has 1 N–H and O–H groups in total. The Hall–Kier alpha value is -2.40. The summed E-state index contributed by atoms with van der Waals surface area (Å²) in [5, 5.41) is 2.63. The van der Waals surface area contributed by atoms with E-state index in [-0.39, 0.29) is 5.91 Å². The van der Waals surface area contributed by atoms with Crippen molar-refractivity contribution in [2.75, 3.05) is 33.3 Å². The smallest absolute Gasteiger partial charge is 0.251 e. The van der Waals surface area contributed by atoms with Crippen LogP contribution < -0.4 is 10.1 Å². The highest BCUT2D eigenvalue weighted by Gasteiger charge is 2.25. The standard InChI is InChI=1S/C24H31FN2O2/c1-24(2,25)17-27-14-12-18(13-15-27)16-29-22-10-8-20(9-11-22)19-4-6-21(7-5-19)23(28)26-3/h4-11,18H,12-17H2,1-3H3,(H,26,28). The molecule has 2 aromatic rings. The highest BCUT2D eigenvalue weighted by molar-refractivity contribution is 5.94. The van der Waals surface area contributed by atoms with Gasteiger partial charge in [0.15, 0.2) is 0 Å². The average Bonchev–Trinajstić information content (AvgIpc) is 2.72. The number of carbonyl (C=O) groups excluding carboxylic acids is 1. The molecule has 1 heterocycles. The molecule has 156 valence electrons. The third-order valence-corrected chi connectivity index (χ3v) is 5.35. The van der Waals surface area contributed by atoms with Gasteiger partial charge in [-0.25, -0.2) is 4.39 Å². The molecule has 3 rings (SSSR count). The molecule has 0 atom stereocenters. The Bertz CT molecular complexity index is 789. The van der Waals surface area contributed by atoms with Crippen molar-refractivity contribution in [1.29, 1.82) is 0 Å². The van der Waals surface area contributed by atoms with Gasteiger partial charge in [0.2, 0.25) is 0 Å². The molecule has 0 spiro atoms. The van der Waals surface area contributed by atoms with Gasteiger partial charge in [-0.2, -0.15) is 0 Å². The van der Waals surface area contributed by atoms with Crippen LogP contribution in [0.1, 0.15) is 37.0 Å². The van der Waals surface area contributed by atoms with Gasteiger partial charge < -0.3 is 15.0 Å². The van der Waals surface area contributed by atoms with Crippen LogP contribution in [-0.2, 0) is 0 Å². The lowest BCUT2D eigenvalue weighted by Gasteiger charge is -2.34. The molecule has 1 aliphatic rings. The lowest BCUT2D eigenvalue weighted by atomic mass is 9.97. The minimum Gasteiger partial charge on any atom is -0.493 e. The third kappa shape index (κ3) is 6.29. The summed E-state index contributed by atoms with van der Waals surface area (Å²) in [6.45, 7) is 6.36. The van der Waals surface area contributed by atoms with Crippen LogP contribution in [0.25, 0.3) is 11.1 Å². The first-order valence-electron chi connectivity index (χ1n) is 10.3. The van der Waals surface area contributed by atoms with Crippen molar-refractivity contribution >= 4 is 5.91 Å². The summed E-state index contributed by atoms with van der Waals surface area (Å²) in [5.74, 6) is 1.30. The SMILES string of the molecule is CNC(=O)c1ccc(-c2ccc(OCC3CCN(CC(C)(C)F)CC3)cc2)cc1. The van der Waals surface area contributed by atoms with Gasteiger partial charge in [-0.1, -0.05) is 24.3 Å². The number of rotatable bonds is 7. The number of carbonyl (C=O) groups is 1. The number of ether oxygens (including phenoxy) is 1. The quantitative estimate of drug-likeness (QED) is 0.744. The van der Waals surface area contributed by atoms with Crippen molar-refractivity contribution in [3.05, 3.63) is 54.1 Å². The van der Waals surface area contributed by atoms with Gasteiger partial charge >= 0.3 is 0 Å². The fraction of sp³-hybridized carbons (Fsp3) is 0.458. The summed E-state index contributed by atoms with van der Waals surface area (Å²) >= 11 is 0. The number of piperidine rings is 1. The van der Waals surface area contributed by atoms with Gasteiger partial charge in [0.25, 0.3) is 5.91 Å². The third-order valence-electron chi connectivity index (χ3n) is 5.35. The largest absolute Gasteiger partial charge is 0.493 e. The molecule has 29 heavy (non-hydrogen) atoms. The number of likely N-dealkylation sites (tertiary alicyclic amines) is 1. The fourth-order valence-electron chi connectivity index (χ4n) is 3.76. The molecule has 0 saturated carbocycles. The Morgan fingerprint density at radius 3 is 2.14 bits per heavy atom. The summed E-state index contributed by atoms with van der Waals surface area (Å²) in [5.41, 5.74) is 1.67. The fourth-order valence-corrected chi connectivity index (χ4v) is 3.76. The van der Waals surface area contributed by atoms with E-state index in [2.05, 4.69) is 10.2 Å². The molecule has 1 amide bonds. The number of hydrogen-bond acceptors (Lipinski definition) is 3. The van der Waals surface area contributed by atoms with Crippen LogP contribution >= 0.6 is 0 Å². The predicted molar refractivity (Wildman–Crippen MR) is 115 cm³/mol. The van der Waals surface area contributed by atoms with E-state index in [4.69, 9.17) is 4.74 Å². The van der Waals surface area contributed by atoms with Crippen LogP contribution in [-0.4, -0.2) is 49.8 Å². The van der Waals surface area contributed by atoms with E-state index in [1.54, 1.807) is 20.9 Å². The van der Waals surface area contributed by atoms with Gasteiger partial charge in [-0.3, -0.25) is 4.79 Å². The molecule has 1 aliphatic heterocycles. The maximum Gasteiger partial charge on any atom is 0.251 e.